The first-order valence-corrected chi connectivity index (χ1v) is 5.45. The van der Waals surface area contributed by atoms with Crippen LogP contribution in [0, 0.1) is 18.3 Å². The van der Waals surface area contributed by atoms with Crippen molar-refractivity contribution in [3.8, 4) is 6.07 Å². The highest BCUT2D eigenvalue weighted by molar-refractivity contribution is 5.77. The maximum Gasteiger partial charge on any atom is 0.326 e. The summed E-state index contributed by atoms with van der Waals surface area (Å²) in [5, 5.41) is 20.7. The number of nitrogens with zero attached hydrogens (tertiary/aromatic N) is 2. The lowest BCUT2D eigenvalue weighted by Gasteiger charge is -2.15. The van der Waals surface area contributed by atoms with E-state index in [1.54, 1.807) is 19.1 Å². The number of pyridine rings is 1. The standard InChI is InChI=1S/C12H15N3O2/c1-3-4-10(12(16)17)15-11-9(7-13)6-5-8(2)14-11/h5-6,10H,3-4H2,1-2H3,(H,14,15)(H,16,17). The van der Waals surface area contributed by atoms with Gasteiger partial charge >= 0.3 is 5.97 Å². The molecule has 2 N–H and O–H groups in total. The zero-order valence-electron chi connectivity index (χ0n) is 9.90. The van der Waals surface area contributed by atoms with Crippen molar-refractivity contribution >= 4 is 11.8 Å². The van der Waals surface area contributed by atoms with Crippen LogP contribution in [-0.4, -0.2) is 22.1 Å². The van der Waals surface area contributed by atoms with E-state index in [1.807, 2.05) is 13.0 Å². The molecule has 0 amide bonds. The zero-order valence-corrected chi connectivity index (χ0v) is 9.90. The Morgan fingerprint density at radius 3 is 2.88 bits per heavy atom. The lowest BCUT2D eigenvalue weighted by molar-refractivity contribution is -0.138. The molecule has 5 heteroatoms. The number of aromatic nitrogens is 1. The molecule has 1 aromatic rings. The summed E-state index contributed by atoms with van der Waals surface area (Å²) < 4.78 is 0. The molecule has 0 aromatic carbocycles. The Kier molecular flexibility index (Phi) is 4.46. The van der Waals surface area contributed by atoms with Crippen molar-refractivity contribution in [1.82, 2.24) is 4.98 Å². The van der Waals surface area contributed by atoms with E-state index in [1.165, 1.54) is 0 Å². The highest BCUT2D eigenvalue weighted by atomic mass is 16.4. The van der Waals surface area contributed by atoms with Crippen LogP contribution in [0.4, 0.5) is 5.82 Å². The smallest absolute Gasteiger partial charge is 0.326 e. The van der Waals surface area contributed by atoms with Crippen LogP contribution in [0.5, 0.6) is 0 Å². The molecular formula is C12H15N3O2. The maximum absolute atomic E-state index is 11.0. The Balaban J connectivity index is 2.96. The summed E-state index contributed by atoms with van der Waals surface area (Å²) in [7, 11) is 0. The number of hydrogen-bond donors (Lipinski definition) is 2. The molecule has 90 valence electrons. The van der Waals surface area contributed by atoms with Gasteiger partial charge in [0.05, 0.1) is 5.56 Å². The molecular weight excluding hydrogens is 218 g/mol. The minimum atomic E-state index is -0.931. The van der Waals surface area contributed by atoms with Gasteiger partial charge in [0.2, 0.25) is 0 Å². The summed E-state index contributed by atoms with van der Waals surface area (Å²) in [5.41, 5.74) is 1.10. The summed E-state index contributed by atoms with van der Waals surface area (Å²) in [4.78, 5) is 15.2. The van der Waals surface area contributed by atoms with Crippen molar-refractivity contribution in [2.75, 3.05) is 5.32 Å². The Morgan fingerprint density at radius 1 is 1.65 bits per heavy atom. The second-order valence-electron chi connectivity index (χ2n) is 3.78. The van der Waals surface area contributed by atoms with Crippen LogP contribution in [0.2, 0.25) is 0 Å². The number of carbonyl (C=O) groups is 1. The van der Waals surface area contributed by atoms with Crippen molar-refractivity contribution in [1.29, 1.82) is 5.26 Å². The third-order valence-electron chi connectivity index (χ3n) is 2.34. The number of aryl methyl sites for hydroxylation is 1. The minimum absolute atomic E-state index is 0.341. The van der Waals surface area contributed by atoms with E-state index in [0.717, 1.165) is 12.1 Å². The van der Waals surface area contributed by atoms with Gasteiger partial charge in [-0.2, -0.15) is 5.26 Å². The summed E-state index contributed by atoms with van der Waals surface area (Å²) >= 11 is 0. The van der Waals surface area contributed by atoms with Crippen LogP contribution < -0.4 is 5.32 Å². The molecule has 5 nitrogen and oxygen atoms in total. The number of carboxylic acid groups (broad SMARTS) is 1. The lowest BCUT2D eigenvalue weighted by Crippen LogP contribution is -2.29. The van der Waals surface area contributed by atoms with Gasteiger partial charge in [0, 0.05) is 5.69 Å². The van der Waals surface area contributed by atoms with Gasteiger partial charge in [-0.15, -0.1) is 0 Å². The Morgan fingerprint density at radius 2 is 2.35 bits per heavy atom. The number of aliphatic carboxylic acids is 1. The van der Waals surface area contributed by atoms with Gasteiger partial charge in [-0.25, -0.2) is 9.78 Å². The fourth-order valence-electron chi connectivity index (χ4n) is 1.47. The largest absolute Gasteiger partial charge is 0.480 e. The van der Waals surface area contributed by atoms with Gasteiger partial charge in [-0.3, -0.25) is 0 Å². The second kappa shape index (κ2) is 5.85. The first-order chi connectivity index (χ1) is 8.08. The maximum atomic E-state index is 11.0. The van der Waals surface area contributed by atoms with E-state index in [0.29, 0.717) is 17.8 Å². The van der Waals surface area contributed by atoms with Crippen LogP contribution in [0.25, 0.3) is 0 Å². The average Bonchev–Trinajstić information content (AvgIpc) is 2.28. The van der Waals surface area contributed by atoms with Crippen molar-refractivity contribution < 1.29 is 9.90 Å². The first-order valence-electron chi connectivity index (χ1n) is 5.45. The van der Waals surface area contributed by atoms with E-state index >= 15 is 0 Å². The monoisotopic (exact) mass is 233 g/mol. The van der Waals surface area contributed by atoms with Crippen LogP contribution in [0.15, 0.2) is 12.1 Å². The van der Waals surface area contributed by atoms with E-state index in [-0.39, 0.29) is 0 Å². The topological polar surface area (TPSA) is 86.0 Å². The molecule has 1 rings (SSSR count). The Hall–Kier alpha value is -2.09. The highest BCUT2D eigenvalue weighted by Gasteiger charge is 2.18. The molecule has 0 bridgehead atoms. The van der Waals surface area contributed by atoms with Gasteiger partial charge < -0.3 is 10.4 Å². The quantitative estimate of drug-likeness (QED) is 0.811. The van der Waals surface area contributed by atoms with Crippen LogP contribution in [-0.2, 0) is 4.79 Å². The van der Waals surface area contributed by atoms with E-state index in [4.69, 9.17) is 10.4 Å². The number of rotatable bonds is 5. The molecule has 0 spiro atoms. The highest BCUT2D eigenvalue weighted by Crippen LogP contribution is 2.15. The molecule has 1 unspecified atom stereocenters. The second-order valence-corrected chi connectivity index (χ2v) is 3.78. The van der Waals surface area contributed by atoms with Gasteiger partial charge in [0.15, 0.2) is 0 Å². The van der Waals surface area contributed by atoms with Crippen molar-refractivity contribution in [2.24, 2.45) is 0 Å². The fourth-order valence-corrected chi connectivity index (χ4v) is 1.47. The third kappa shape index (κ3) is 3.45. The molecule has 0 fully saturated rings. The van der Waals surface area contributed by atoms with Gasteiger partial charge in [0.25, 0.3) is 0 Å². The molecule has 0 radical (unpaired) electrons. The molecule has 0 saturated carbocycles. The van der Waals surface area contributed by atoms with Crippen molar-refractivity contribution in [3.05, 3.63) is 23.4 Å². The SMILES string of the molecule is CCCC(Nc1nc(C)ccc1C#N)C(=O)O. The Bertz CT molecular complexity index is 452. The Labute approximate surface area is 100 Å². The molecule has 0 saturated heterocycles. The minimum Gasteiger partial charge on any atom is -0.480 e. The van der Waals surface area contributed by atoms with Gasteiger partial charge in [-0.05, 0) is 25.5 Å². The summed E-state index contributed by atoms with van der Waals surface area (Å²) in [6.45, 7) is 3.70. The van der Waals surface area contributed by atoms with Gasteiger partial charge in [0.1, 0.15) is 17.9 Å². The summed E-state index contributed by atoms with van der Waals surface area (Å²) in [6.07, 6.45) is 1.24. The molecule has 1 atom stereocenters. The third-order valence-corrected chi connectivity index (χ3v) is 2.34. The van der Waals surface area contributed by atoms with E-state index in [9.17, 15) is 4.79 Å². The van der Waals surface area contributed by atoms with Crippen molar-refractivity contribution in [2.45, 2.75) is 32.7 Å². The average molecular weight is 233 g/mol. The number of anilines is 1. The van der Waals surface area contributed by atoms with Gasteiger partial charge in [-0.1, -0.05) is 13.3 Å². The predicted octanol–water partition coefficient (Wildman–Crippen LogP) is 1.93. The first kappa shape index (κ1) is 13.0. The number of carboxylic acids is 1. The van der Waals surface area contributed by atoms with Crippen LogP contribution in [0.1, 0.15) is 31.0 Å². The fraction of sp³-hybridized carbons (Fsp3) is 0.417. The number of hydrogen-bond acceptors (Lipinski definition) is 4. The van der Waals surface area contributed by atoms with Crippen LogP contribution in [0.3, 0.4) is 0 Å². The zero-order chi connectivity index (χ0) is 12.8. The number of nitrogens with one attached hydrogen (secondary N) is 1. The molecule has 17 heavy (non-hydrogen) atoms. The predicted molar refractivity (Wildman–Crippen MR) is 63.6 cm³/mol. The molecule has 1 heterocycles. The molecule has 1 aromatic heterocycles. The number of nitriles is 1. The summed E-state index contributed by atoms with van der Waals surface area (Å²) in [6, 6.07) is 4.64. The van der Waals surface area contributed by atoms with Crippen molar-refractivity contribution in [3.63, 3.8) is 0 Å². The molecule has 0 aliphatic carbocycles. The lowest BCUT2D eigenvalue weighted by atomic mass is 10.1. The molecule has 0 aliphatic heterocycles. The van der Waals surface area contributed by atoms with E-state index < -0.39 is 12.0 Å². The molecule has 0 aliphatic rings. The van der Waals surface area contributed by atoms with E-state index in [2.05, 4.69) is 10.3 Å². The summed E-state index contributed by atoms with van der Waals surface area (Å²) in [5.74, 6) is -0.590. The normalized spacial score (nSPS) is 11.6. The van der Waals surface area contributed by atoms with Crippen LogP contribution >= 0.6 is 0 Å².